The molecule has 0 bridgehead atoms. The molecule has 0 heterocycles. The van der Waals surface area contributed by atoms with Gasteiger partial charge in [-0.2, -0.15) is 0 Å². The average Bonchev–Trinajstić information content (AvgIpc) is 2.68. The maximum atomic E-state index is 12.3. The molecule has 0 unspecified atom stereocenters. The quantitative estimate of drug-likeness (QED) is 0.389. The molecule has 5 nitrogen and oxygen atoms in total. The Hall–Kier alpha value is -3.02. The smallest absolute Gasteiger partial charge is 0.260 e. The Kier molecular flexibility index (Phi) is 6.53. The molecule has 0 aliphatic rings. The van der Waals surface area contributed by atoms with E-state index in [-0.39, 0.29) is 21.6 Å². The number of anilines is 1. The van der Waals surface area contributed by atoms with E-state index < -0.39 is 5.91 Å². The molecule has 0 radical (unpaired) electrons. The Labute approximate surface area is 172 Å². The predicted molar refractivity (Wildman–Crippen MR) is 112 cm³/mol. The van der Waals surface area contributed by atoms with Crippen LogP contribution in [0.2, 0.25) is 10.0 Å². The van der Waals surface area contributed by atoms with E-state index in [0.29, 0.717) is 18.0 Å². The van der Waals surface area contributed by atoms with Crippen molar-refractivity contribution in [1.82, 2.24) is 5.32 Å². The minimum Gasteiger partial charge on any atom is -0.489 e. The second-order valence-electron chi connectivity index (χ2n) is 5.85. The Morgan fingerprint density at radius 3 is 2.18 bits per heavy atom. The summed E-state index contributed by atoms with van der Waals surface area (Å²) >= 11 is 12.0. The molecule has 0 aliphatic carbocycles. The third-order valence-electron chi connectivity index (χ3n) is 3.80. The Balaban J connectivity index is 1.55. The largest absolute Gasteiger partial charge is 0.489 e. The van der Waals surface area contributed by atoms with Crippen molar-refractivity contribution in [1.29, 1.82) is 5.41 Å². The van der Waals surface area contributed by atoms with Crippen molar-refractivity contribution in [2.24, 2.45) is 0 Å². The molecule has 0 aliphatic heterocycles. The molecule has 3 N–H and O–H groups in total. The lowest BCUT2D eigenvalue weighted by Crippen LogP contribution is -2.35. The van der Waals surface area contributed by atoms with Gasteiger partial charge in [-0.25, -0.2) is 0 Å². The molecule has 0 saturated heterocycles. The van der Waals surface area contributed by atoms with Crippen molar-refractivity contribution in [3.8, 4) is 5.75 Å². The van der Waals surface area contributed by atoms with Crippen LogP contribution in [0.1, 0.15) is 15.9 Å². The number of ether oxygens (including phenoxy) is 1. The van der Waals surface area contributed by atoms with Crippen molar-refractivity contribution >= 4 is 40.8 Å². The van der Waals surface area contributed by atoms with E-state index in [4.69, 9.17) is 33.3 Å². The van der Waals surface area contributed by atoms with E-state index in [1.165, 1.54) is 0 Å². The van der Waals surface area contributed by atoms with Crippen molar-refractivity contribution in [2.75, 3.05) is 5.32 Å². The fourth-order valence-electron chi connectivity index (χ4n) is 2.44. The van der Waals surface area contributed by atoms with Crippen LogP contribution in [0.5, 0.6) is 5.75 Å². The van der Waals surface area contributed by atoms with Crippen LogP contribution in [0, 0.1) is 5.41 Å². The van der Waals surface area contributed by atoms with Crippen LogP contribution in [0.15, 0.2) is 72.8 Å². The van der Waals surface area contributed by atoms with Gasteiger partial charge in [0.1, 0.15) is 12.4 Å². The molecule has 1 amide bonds. The highest BCUT2D eigenvalue weighted by Crippen LogP contribution is 2.24. The zero-order valence-corrected chi connectivity index (χ0v) is 16.2. The molecule has 3 aromatic carbocycles. The molecule has 0 atom stereocenters. The van der Waals surface area contributed by atoms with Gasteiger partial charge in [-0.3, -0.25) is 15.5 Å². The number of hydrogen-bond donors (Lipinski definition) is 3. The molecule has 0 fully saturated rings. The molecular formula is C21H17Cl2N3O2. The van der Waals surface area contributed by atoms with Gasteiger partial charge in [0, 0.05) is 5.69 Å². The van der Waals surface area contributed by atoms with Crippen molar-refractivity contribution in [3.05, 3.63) is 94.0 Å². The molecule has 28 heavy (non-hydrogen) atoms. The fraction of sp³-hybridized carbons (Fsp3) is 0.0476. The number of amides is 1. The van der Waals surface area contributed by atoms with Gasteiger partial charge in [-0.05, 0) is 42.0 Å². The van der Waals surface area contributed by atoms with Crippen molar-refractivity contribution in [2.45, 2.75) is 6.61 Å². The molecule has 0 saturated carbocycles. The summed E-state index contributed by atoms with van der Waals surface area (Å²) in [4.78, 5) is 12.3. The number of nitrogens with one attached hydrogen (secondary N) is 3. The van der Waals surface area contributed by atoms with Gasteiger partial charge < -0.3 is 10.1 Å². The van der Waals surface area contributed by atoms with Gasteiger partial charge in [-0.15, -0.1) is 0 Å². The van der Waals surface area contributed by atoms with Crippen molar-refractivity contribution < 1.29 is 9.53 Å². The molecular weight excluding hydrogens is 397 g/mol. The van der Waals surface area contributed by atoms with Crippen LogP contribution in [0.3, 0.4) is 0 Å². The third kappa shape index (κ3) is 5.25. The summed E-state index contributed by atoms with van der Waals surface area (Å²) in [6.45, 7) is 0.470. The highest BCUT2D eigenvalue weighted by molar-refractivity contribution is 6.40. The van der Waals surface area contributed by atoms with Gasteiger partial charge >= 0.3 is 0 Å². The highest BCUT2D eigenvalue weighted by atomic mass is 35.5. The zero-order chi connectivity index (χ0) is 19.9. The maximum absolute atomic E-state index is 12.3. The average molecular weight is 414 g/mol. The summed E-state index contributed by atoms with van der Waals surface area (Å²) < 4.78 is 5.72. The predicted octanol–water partition coefficient (Wildman–Crippen LogP) is 5.35. The summed E-state index contributed by atoms with van der Waals surface area (Å²) in [5.74, 6) is -0.0531. The lowest BCUT2D eigenvalue weighted by Gasteiger charge is -2.12. The van der Waals surface area contributed by atoms with E-state index >= 15 is 0 Å². The zero-order valence-electron chi connectivity index (χ0n) is 14.7. The summed E-state index contributed by atoms with van der Waals surface area (Å²) in [6.07, 6.45) is 0. The van der Waals surface area contributed by atoms with Crippen LogP contribution < -0.4 is 15.4 Å². The summed E-state index contributed by atoms with van der Waals surface area (Å²) in [6, 6.07) is 21.7. The first-order chi connectivity index (χ1) is 13.5. The molecule has 3 rings (SSSR count). The van der Waals surface area contributed by atoms with Crippen LogP contribution in [-0.4, -0.2) is 11.9 Å². The lowest BCUT2D eigenvalue weighted by atomic mass is 10.2. The van der Waals surface area contributed by atoms with Gasteiger partial charge in [0.05, 0.1) is 15.6 Å². The van der Waals surface area contributed by atoms with E-state index in [1.54, 1.807) is 42.5 Å². The Morgan fingerprint density at radius 1 is 0.893 bits per heavy atom. The summed E-state index contributed by atoms with van der Waals surface area (Å²) in [5.41, 5.74) is 1.83. The first-order valence-electron chi connectivity index (χ1n) is 8.40. The Morgan fingerprint density at radius 2 is 1.54 bits per heavy atom. The van der Waals surface area contributed by atoms with Gasteiger partial charge in [0.25, 0.3) is 5.91 Å². The SMILES string of the molecule is N=C(NC(=O)c1c(Cl)cccc1Cl)Nc1ccc(OCc2ccccc2)cc1. The van der Waals surface area contributed by atoms with E-state index in [2.05, 4.69) is 10.6 Å². The van der Waals surface area contributed by atoms with Crippen molar-refractivity contribution in [3.63, 3.8) is 0 Å². The number of carbonyl (C=O) groups excluding carboxylic acids is 1. The first-order valence-corrected chi connectivity index (χ1v) is 9.16. The number of benzene rings is 3. The standard InChI is InChI=1S/C21H17Cl2N3O2/c22-17-7-4-8-18(23)19(17)20(27)26-21(24)25-15-9-11-16(12-10-15)28-13-14-5-2-1-3-6-14/h1-12H,13H2,(H3,24,25,26,27). The van der Waals surface area contributed by atoms with E-state index in [1.807, 2.05) is 30.3 Å². The number of rotatable bonds is 5. The molecule has 7 heteroatoms. The molecule has 0 aromatic heterocycles. The van der Waals surface area contributed by atoms with Crippen LogP contribution >= 0.6 is 23.2 Å². The van der Waals surface area contributed by atoms with Crippen LogP contribution in [-0.2, 0) is 6.61 Å². The number of hydrogen-bond acceptors (Lipinski definition) is 3. The second kappa shape index (κ2) is 9.26. The topological polar surface area (TPSA) is 74.2 Å². The van der Waals surface area contributed by atoms with Gasteiger partial charge in [0.15, 0.2) is 5.96 Å². The monoisotopic (exact) mass is 413 g/mol. The van der Waals surface area contributed by atoms with Crippen LogP contribution in [0.25, 0.3) is 0 Å². The second-order valence-corrected chi connectivity index (χ2v) is 6.66. The third-order valence-corrected chi connectivity index (χ3v) is 4.43. The Bertz CT molecular complexity index is 956. The highest BCUT2D eigenvalue weighted by Gasteiger charge is 2.15. The maximum Gasteiger partial charge on any atom is 0.260 e. The number of guanidine groups is 1. The molecule has 3 aromatic rings. The van der Waals surface area contributed by atoms with E-state index in [0.717, 1.165) is 5.56 Å². The fourth-order valence-corrected chi connectivity index (χ4v) is 3.01. The van der Waals surface area contributed by atoms with Crippen LogP contribution in [0.4, 0.5) is 5.69 Å². The normalized spacial score (nSPS) is 10.2. The molecule has 0 spiro atoms. The van der Waals surface area contributed by atoms with Gasteiger partial charge in [-0.1, -0.05) is 59.6 Å². The number of halogens is 2. The summed E-state index contributed by atoms with van der Waals surface area (Å²) in [7, 11) is 0. The van der Waals surface area contributed by atoms with Gasteiger partial charge in [0.2, 0.25) is 0 Å². The minimum absolute atomic E-state index is 0.127. The summed E-state index contributed by atoms with van der Waals surface area (Å²) in [5, 5.41) is 13.6. The first kappa shape index (κ1) is 19.7. The number of carbonyl (C=O) groups is 1. The minimum atomic E-state index is -0.559. The molecule has 142 valence electrons. The van der Waals surface area contributed by atoms with E-state index in [9.17, 15) is 4.79 Å². The lowest BCUT2D eigenvalue weighted by molar-refractivity contribution is 0.0977.